The summed E-state index contributed by atoms with van der Waals surface area (Å²) in [6.07, 6.45) is -1.10. The summed E-state index contributed by atoms with van der Waals surface area (Å²) in [5.41, 5.74) is 4.20. The quantitative estimate of drug-likeness (QED) is 0.769. The lowest BCUT2D eigenvalue weighted by molar-refractivity contribution is -0.128. The summed E-state index contributed by atoms with van der Waals surface area (Å²) in [7, 11) is 0. The van der Waals surface area contributed by atoms with Crippen LogP contribution in [0.5, 0.6) is 11.5 Å². The Bertz CT molecular complexity index is 786. The number of carbonyl (C=O) groups excluding carboxylic acids is 2. The standard InChI is InChI=1S/C17H15F3N2O4/c1-10(25-14-8-3-2-7-13(14)18)15(23)21-22-16(24)11-5-4-6-12(9-11)26-17(19)20/h2-10,17H,1H3,(H,21,23)(H,22,24)/t10-/m0/s1. The maximum absolute atomic E-state index is 13.5. The minimum atomic E-state index is -3.02. The van der Waals surface area contributed by atoms with E-state index in [1.807, 2.05) is 0 Å². The molecule has 0 bridgehead atoms. The molecule has 2 rings (SSSR count). The average Bonchev–Trinajstić information content (AvgIpc) is 2.61. The Morgan fingerprint density at radius 1 is 1.00 bits per heavy atom. The Hall–Kier alpha value is -3.23. The second-order valence-electron chi connectivity index (χ2n) is 5.04. The maximum Gasteiger partial charge on any atom is 0.387 e. The topological polar surface area (TPSA) is 76.7 Å². The molecule has 0 heterocycles. The molecule has 1 atom stereocenters. The Kier molecular flexibility index (Phi) is 6.42. The molecule has 0 spiro atoms. The minimum absolute atomic E-state index is 0.00822. The lowest BCUT2D eigenvalue weighted by Crippen LogP contribution is -2.47. The van der Waals surface area contributed by atoms with Crippen molar-refractivity contribution in [3.63, 3.8) is 0 Å². The number of para-hydroxylation sites is 1. The first-order valence-corrected chi connectivity index (χ1v) is 7.43. The highest BCUT2D eigenvalue weighted by atomic mass is 19.3. The van der Waals surface area contributed by atoms with Crippen LogP contribution < -0.4 is 20.3 Å². The number of rotatable bonds is 6. The van der Waals surface area contributed by atoms with Crippen LogP contribution in [0.2, 0.25) is 0 Å². The van der Waals surface area contributed by atoms with Gasteiger partial charge in [0.1, 0.15) is 5.75 Å². The van der Waals surface area contributed by atoms with Crippen molar-refractivity contribution in [1.82, 2.24) is 10.9 Å². The molecule has 2 aromatic rings. The van der Waals surface area contributed by atoms with Crippen molar-refractivity contribution in [2.75, 3.05) is 0 Å². The van der Waals surface area contributed by atoms with Gasteiger partial charge in [0.05, 0.1) is 0 Å². The molecule has 9 heteroatoms. The van der Waals surface area contributed by atoms with Gasteiger partial charge >= 0.3 is 6.61 Å². The van der Waals surface area contributed by atoms with Gasteiger partial charge in [0.2, 0.25) is 0 Å². The van der Waals surface area contributed by atoms with E-state index in [9.17, 15) is 22.8 Å². The molecule has 0 saturated heterocycles. The Morgan fingerprint density at radius 3 is 2.42 bits per heavy atom. The third kappa shape index (κ3) is 5.40. The fourth-order valence-electron chi connectivity index (χ4n) is 1.89. The van der Waals surface area contributed by atoms with Crippen molar-refractivity contribution in [1.29, 1.82) is 0 Å². The second kappa shape index (κ2) is 8.75. The van der Waals surface area contributed by atoms with Crippen LogP contribution in [0, 0.1) is 5.82 Å². The number of ether oxygens (including phenoxy) is 2. The molecule has 2 amide bonds. The first-order chi connectivity index (χ1) is 12.4. The fraction of sp³-hybridized carbons (Fsp3) is 0.176. The van der Waals surface area contributed by atoms with E-state index in [1.165, 1.54) is 43.3 Å². The lowest BCUT2D eigenvalue weighted by Gasteiger charge is -2.15. The zero-order valence-corrected chi connectivity index (χ0v) is 13.5. The van der Waals surface area contributed by atoms with Crippen molar-refractivity contribution >= 4 is 11.8 Å². The second-order valence-corrected chi connectivity index (χ2v) is 5.04. The number of nitrogens with one attached hydrogen (secondary N) is 2. The summed E-state index contributed by atoms with van der Waals surface area (Å²) < 4.78 is 47.2. The van der Waals surface area contributed by atoms with Gasteiger partial charge in [-0.1, -0.05) is 18.2 Å². The van der Waals surface area contributed by atoms with Gasteiger partial charge in [-0.25, -0.2) is 4.39 Å². The summed E-state index contributed by atoms with van der Waals surface area (Å²) in [6, 6.07) is 10.6. The van der Waals surface area contributed by atoms with Gasteiger partial charge in [0.25, 0.3) is 11.8 Å². The molecule has 0 fully saturated rings. The van der Waals surface area contributed by atoms with E-state index in [2.05, 4.69) is 15.6 Å². The number of benzene rings is 2. The van der Waals surface area contributed by atoms with Crippen LogP contribution in [0.1, 0.15) is 17.3 Å². The largest absolute Gasteiger partial charge is 0.478 e. The van der Waals surface area contributed by atoms with E-state index in [4.69, 9.17) is 4.74 Å². The molecule has 26 heavy (non-hydrogen) atoms. The number of alkyl halides is 2. The Morgan fingerprint density at radius 2 is 1.73 bits per heavy atom. The smallest absolute Gasteiger partial charge is 0.387 e. The van der Waals surface area contributed by atoms with Crippen molar-refractivity contribution in [3.05, 3.63) is 59.9 Å². The highest BCUT2D eigenvalue weighted by Crippen LogP contribution is 2.17. The van der Waals surface area contributed by atoms with Crippen LogP contribution in [0.4, 0.5) is 13.2 Å². The van der Waals surface area contributed by atoms with Gasteiger partial charge in [0.15, 0.2) is 17.7 Å². The third-order valence-corrected chi connectivity index (χ3v) is 3.13. The van der Waals surface area contributed by atoms with Crippen LogP contribution in [0.15, 0.2) is 48.5 Å². The number of hydrazine groups is 1. The molecule has 0 saturated carbocycles. The molecule has 0 aliphatic rings. The SMILES string of the molecule is C[C@H](Oc1ccccc1F)C(=O)NNC(=O)c1cccc(OC(F)F)c1. The Labute approximate surface area is 146 Å². The van der Waals surface area contributed by atoms with Crippen molar-refractivity contribution in [3.8, 4) is 11.5 Å². The number of hydrogen-bond donors (Lipinski definition) is 2. The number of carbonyl (C=O) groups is 2. The number of hydrogen-bond acceptors (Lipinski definition) is 4. The van der Waals surface area contributed by atoms with Gasteiger partial charge < -0.3 is 9.47 Å². The summed E-state index contributed by atoms with van der Waals surface area (Å²) in [5.74, 6) is -2.43. The molecular weight excluding hydrogens is 353 g/mol. The summed E-state index contributed by atoms with van der Waals surface area (Å²) >= 11 is 0. The van der Waals surface area contributed by atoms with E-state index in [-0.39, 0.29) is 17.1 Å². The van der Waals surface area contributed by atoms with E-state index < -0.39 is 30.3 Å². The third-order valence-electron chi connectivity index (χ3n) is 3.13. The van der Waals surface area contributed by atoms with Crippen molar-refractivity contribution in [2.24, 2.45) is 0 Å². The van der Waals surface area contributed by atoms with Crippen molar-refractivity contribution in [2.45, 2.75) is 19.6 Å². The van der Waals surface area contributed by atoms with Crippen molar-refractivity contribution < 1.29 is 32.2 Å². The molecule has 6 nitrogen and oxygen atoms in total. The first kappa shape index (κ1) is 19.1. The molecular formula is C17H15F3N2O4. The zero-order chi connectivity index (χ0) is 19.1. The number of halogens is 3. The molecule has 0 aromatic heterocycles. The van der Waals surface area contributed by atoms with Gasteiger partial charge in [-0.3, -0.25) is 20.4 Å². The molecule has 2 N–H and O–H groups in total. The molecule has 2 aromatic carbocycles. The predicted molar refractivity (Wildman–Crippen MR) is 85.2 cm³/mol. The first-order valence-electron chi connectivity index (χ1n) is 7.43. The van der Waals surface area contributed by atoms with Gasteiger partial charge in [0, 0.05) is 5.56 Å². The lowest BCUT2D eigenvalue weighted by atomic mass is 10.2. The summed E-state index contributed by atoms with van der Waals surface area (Å²) in [4.78, 5) is 23.9. The average molecular weight is 368 g/mol. The van der Waals surface area contributed by atoms with Gasteiger partial charge in [-0.15, -0.1) is 0 Å². The molecule has 0 unspecified atom stereocenters. The van der Waals surface area contributed by atoms with Crippen LogP contribution >= 0.6 is 0 Å². The molecule has 0 aliphatic heterocycles. The normalized spacial score (nSPS) is 11.6. The predicted octanol–water partition coefficient (Wildman–Crippen LogP) is 2.66. The molecule has 0 radical (unpaired) electrons. The van der Waals surface area contributed by atoms with E-state index in [0.29, 0.717) is 0 Å². The van der Waals surface area contributed by atoms with Gasteiger partial charge in [-0.2, -0.15) is 8.78 Å². The Balaban J connectivity index is 1.90. The maximum atomic E-state index is 13.5. The van der Waals surface area contributed by atoms with E-state index in [0.717, 1.165) is 6.07 Å². The van der Waals surface area contributed by atoms with Crippen LogP contribution in [-0.2, 0) is 4.79 Å². The summed E-state index contributed by atoms with van der Waals surface area (Å²) in [5, 5.41) is 0. The van der Waals surface area contributed by atoms with E-state index in [1.54, 1.807) is 6.07 Å². The summed E-state index contributed by atoms with van der Waals surface area (Å²) in [6.45, 7) is -1.66. The highest BCUT2D eigenvalue weighted by Gasteiger charge is 2.17. The highest BCUT2D eigenvalue weighted by molar-refractivity contribution is 5.96. The van der Waals surface area contributed by atoms with Crippen LogP contribution in [-0.4, -0.2) is 24.5 Å². The van der Waals surface area contributed by atoms with Crippen LogP contribution in [0.25, 0.3) is 0 Å². The van der Waals surface area contributed by atoms with Crippen LogP contribution in [0.3, 0.4) is 0 Å². The number of amides is 2. The zero-order valence-electron chi connectivity index (χ0n) is 13.5. The van der Waals surface area contributed by atoms with Gasteiger partial charge in [-0.05, 0) is 37.3 Å². The molecule has 0 aliphatic carbocycles. The monoisotopic (exact) mass is 368 g/mol. The molecule has 138 valence electrons. The minimum Gasteiger partial charge on any atom is -0.478 e. The van der Waals surface area contributed by atoms with E-state index >= 15 is 0 Å². The fourth-order valence-corrected chi connectivity index (χ4v) is 1.89.